The highest BCUT2D eigenvalue weighted by Gasteiger charge is 2.17. The van der Waals surface area contributed by atoms with Gasteiger partial charge in [0.25, 0.3) is 5.91 Å². The fourth-order valence-electron chi connectivity index (χ4n) is 2.54. The van der Waals surface area contributed by atoms with Gasteiger partial charge in [-0.15, -0.1) is 0 Å². The average Bonchev–Trinajstić information content (AvgIpc) is 2.71. The Kier molecular flexibility index (Phi) is 7.93. The van der Waals surface area contributed by atoms with Gasteiger partial charge in [-0.25, -0.2) is 4.79 Å². The molecule has 0 aromatic heterocycles. The van der Waals surface area contributed by atoms with E-state index in [2.05, 4.69) is 16.0 Å². The number of ether oxygens (including phenoxy) is 1. The summed E-state index contributed by atoms with van der Waals surface area (Å²) in [6.07, 6.45) is 1.06. The highest BCUT2D eigenvalue weighted by molar-refractivity contribution is 6.05. The maximum atomic E-state index is 12.3. The van der Waals surface area contributed by atoms with Crippen molar-refractivity contribution in [1.82, 2.24) is 5.32 Å². The van der Waals surface area contributed by atoms with Crippen LogP contribution in [0.2, 0.25) is 0 Å². The van der Waals surface area contributed by atoms with Crippen molar-refractivity contribution in [1.29, 1.82) is 0 Å². The molecule has 0 saturated carbocycles. The van der Waals surface area contributed by atoms with Gasteiger partial charge in [0.05, 0.1) is 11.4 Å². The van der Waals surface area contributed by atoms with Crippen LogP contribution < -0.4 is 16.0 Å². The smallest absolute Gasteiger partial charge is 0.412 e. The largest absolute Gasteiger partial charge is 0.444 e. The molecule has 0 fully saturated rings. The van der Waals surface area contributed by atoms with Crippen molar-refractivity contribution in [3.8, 4) is 0 Å². The third-order valence-corrected chi connectivity index (χ3v) is 3.99. The Labute approximate surface area is 181 Å². The monoisotopic (exact) mass is 425 g/mol. The normalized spacial score (nSPS) is 12.2. The number of anilines is 2. The molecule has 4 N–H and O–H groups in total. The third-order valence-electron chi connectivity index (χ3n) is 3.99. The molecule has 0 heterocycles. The van der Waals surface area contributed by atoms with Crippen LogP contribution in [0.4, 0.5) is 16.2 Å². The molecular formula is C23H27N3O5. The molecule has 2 rings (SSSR count). The van der Waals surface area contributed by atoms with Crippen molar-refractivity contribution in [3.05, 3.63) is 65.7 Å². The third kappa shape index (κ3) is 7.60. The minimum absolute atomic E-state index is 0.395. The van der Waals surface area contributed by atoms with Gasteiger partial charge in [0, 0.05) is 13.1 Å². The first kappa shape index (κ1) is 23.6. The van der Waals surface area contributed by atoms with Crippen molar-refractivity contribution in [2.24, 2.45) is 0 Å². The first-order valence-electron chi connectivity index (χ1n) is 9.67. The van der Waals surface area contributed by atoms with Gasteiger partial charge >= 0.3 is 6.09 Å². The first-order chi connectivity index (χ1) is 14.6. The number of carbonyl (C=O) groups is 3. The molecule has 0 spiro atoms. The van der Waals surface area contributed by atoms with Crippen LogP contribution >= 0.6 is 0 Å². The lowest BCUT2D eigenvalue weighted by Gasteiger charge is -2.20. The van der Waals surface area contributed by atoms with Crippen LogP contribution in [-0.4, -0.2) is 35.7 Å². The van der Waals surface area contributed by atoms with Crippen LogP contribution in [0.5, 0.6) is 0 Å². The summed E-state index contributed by atoms with van der Waals surface area (Å²) in [5.41, 5.74) is 1.35. The van der Waals surface area contributed by atoms with Crippen LogP contribution in [0.3, 0.4) is 0 Å². The van der Waals surface area contributed by atoms with E-state index >= 15 is 0 Å². The fourth-order valence-corrected chi connectivity index (χ4v) is 2.54. The molecule has 2 aromatic rings. The van der Waals surface area contributed by atoms with E-state index in [0.29, 0.717) is 22.5 Å². The summed E-state index contributed by atoms with van der Waals surface area (Å²) < 4.78 is 5.24. The molecule has 0 saturated heterocycles. The summed E-state index contributed by atoms with van der Waals surface area (Å²) in [7, 11) is 1.45. The molecule has 1 unspecified atom stereocenters. The molecule has 31 heavy (non-hydrogen) atoms. The number of likely N-dealkylation sites (N-methyl/N-ethyl adjacent to an activating group) is 1. The number of nitrogens with one attached hydrogen (secondary N) is 3. The molecule has 8 nitrogen and oxygen atoms in total. The number of aliphatic hydroxyl groups is 1. The van der Waals surface area contributed by atoms with Crippen molar-refractivity contribution >= 4 is 35.4 Å². The van der Waals surface area contributed by atoms with Crippen molar-refractivity contribution < 1.29 is 24.2 Å². The van der Waals surface area contributed by atoms with Crippen LogP contribution in [0.1, 0.15) is 38.0 Å². The van der Waals surface area contributed by atoms with E-state index in [-0.39, 0.29) is 0 Å². The van der Waals surface area contributed by atoms with E-state index in [1.807, 2.05) is 0 Å². The minimum atomic E-state index is -1.25. The topological polar surface area (TPSA) is 117 Å². The van der Waals surface area contributed by atoms with E-state index in [9.17, 15) is 19.5 Å². The fraction of sp³-hybridized carbons (Fsp3) is 0.261. The number of carbonyl (C=O) groups excluding carboxylic acids is 3. The molecule has 164 valence electrons. The van der Waals surface area contributed by atoms with Crippen molar-refractivity contribution in [3.63, 3.8) is 0 Å². The SMILES string of the molecule is CNC(=O)C(O)c1ccc(/C=C/C(=O)Nc2ccccc2NC(=O)OC(C)(C)C)cc1. The van der Waals surface area contributed by atoms with Crippen LogP contribution in [0.15, 0.2) is 54.6 Å². The van der Waals surface area contributed by atoms with Gasteiger partial charge in [-0.1, -0.05) is 36.4 Å². The molecule has 3 amide bonds. The van der Waals surface area contributed by atoms with Gasteiger partial charge in [-0.2, -0.15) is 0 Å². The first-order valence-corrected chi connectivity index (χ1v) is 9.67. The molecule has 0 aliphatic rings. The van der Waals surface area contributed by atoms with Crippen LogP contribution in [-0.2, 0) is 14.3 Å². The molecule has 8 heteroatoms. The molecule has 0 radical (unpaired) electrons. The number of benzene rings is 2. The summed E-state index contributed by atoms with van der Waals surface area (Å²) >= 11 is 0. The minimum Gasteiger partial charge on any atom is -0.444 e. The van der Waals surface area contributed by atoms with Crippen LogP contribution in [0.25, 0.3) is 6.08 Å². The van der Waals surface area contributed by atoms with Crippen LogP contribution in [0, 0.1) is 0 Å². The summed E-state index contributed by atoms with van der Waals surface area (Å²) in [4.78, 5) is 35.8. The molecule has 0 aliphatic heterocycles. The zero-order valence-corrected chi connectivity index (χ0v) is 17.9. The standard InChI is InChI=1S/C23H27N3O5/c1-23(2,3)31-22(30)26-18-8-6-5-7-17(18)25-19(27)14-11-15-9-12-16(13-10-15)20(28)21(29)24-4/h5-14,20,28H,1-4H3,(H,24,29)(H,25,27)(H,26,30)/b14-11+. The number of hydrogen-bond acceptors (Lipinski definition) is 5. The number of amides is 3. The summed E-state index contributed by atoms with van der Waals surface area (Å²) in [6.45, 7) is 5.28. The Morgan fingerprint density at radius 3 is 2.10 bits per heavy atom. The Hall–Kier alpha value is -3.65. The molecule has 1 atom stereocenters. The Morgan fingerprint density at radius 2 is 1.55 bits per heavy atom. The molecule has 2 aromatic carbocycles. The maximum absolute atomic E-state index is 12.3. The lowest BCUT2D eigenvalue weighted by atomic mass is 10.1. The van der Waals surface area contributed by atoms with Gasteiger partial charge in [0.15, 0.2) is 6.10 Å². The zero-order valence-electron chi connectivity index (χ0n) is 17.9. The summed E-state index contributed by atoms with van der Waals surface area (Å²) in [5, 5.41) is 17.6. The average molecular weight is 425 g/mol. The quantitative estimate of drug-likeness (QED) is 0.529. The van der Waals surface area contributed by atoms with Gasteiger partial charge in [-0.3, -0.25) is 14.9 Å². The summed E-state index contributed by atoms with van der Waals surface area (Å²) in [5.74, 6) is -0.894. The van der Waals surface area contributed by atoms with Crippen molar-refractivity contribution in [2.45, 2.75) is 32.5 Å². The zero-order chi connectivity index (χ0) is 23.0. The second-order valence-electron chi connectivity index (χ2n) is 7.68. The number of para-hydroxylation sites is 2. The predicted molar refractivity (Wildman–Crippen MR) is 119 cm³/mol. The number of aliphatic hydroxyl groups excluding tert-OH is 1. The maximum Gasteiger partial charge on any atom is 0.412 e. The second kappa shape index (κ2) is 10.4. The molecule has 0 bridgehead atoms. The number of rotatable bonds is 6. The van der Waals surface area contributed by atoms with Gasteiger partial charge in [-0.05, 0) is 50.1 Å². The van der Waals surface area contributed by atoms with E-state index in [0.717, 1.165) is 0 Å². The van der Waals surface area contributed by atoms with Gasteiger partial charge in [0.2, 0.25) is 5.91 Å². The lowest BCUT2D eigenvalue weighted by molar-refractivity contribution is -0.129. The molecular weight excluding hydrogens is 398 g/mol. The Morgan fingerprint density at radius 1 is 0.968 bits per heavy atom. The Bertz CT molecular complexity index is 962. The highest BCUT2D eigenvalue weighted by atomic mass is 16.6. The highest BCUT2D eigenvalue weighted by Crippen LogP contribution is 2.22. The number of hydrogen-bond donors (Lipinski definition) is 4. The molecule has 0 aliphatic carbocycles. The van der Waals surface area contributed by atoms with E-state index < -0.39 is 29.6 Å². The Balaban J connectivity index is 2.02. The van der Waals surface area contributed by atoms with E-state index in [1.165, 1.54) is 13.1 Å². The predicted octanol–water partition coefficient (Wildman–Crippen LogP) is 3.46. The van der Waals surface area contributed by atoms with Gasteiger partial charge < -0.3 is 20.5 Å². The van der Waals surface area contributed by atoms with Gasteiger partial charge in [0.1, 0.15) is 5.60 Å². The van der Waals surface area contributed by atoms with E-state index in [4.69, 9.17) is 4.74 Å². The lowest BCUT2D eigenvalue weighted by Crippen LogP contribution is -2.27. The second-order valence-corrected chi connectivity index (χ2v) is 7.68. The van der Waals surface area contributed by atoms with E-state index in [1.54, 1.807) is 75.4 Å². The summed E-state index contributed by atoms with van der Waals surface area (Å²) in [6, 6.07) is 13.4. The van der Waals surface area contributed by atoms with Crippen molar-refractivity contribution in [2.75, 3.05) is 17.7 Å².